The quantitative estimate of drug-likeness (QED) is 0.140. The molecule has 7 rings (SSSR count). The lowest BCUT2D eigenvalue weighted by Crippen LogP contribution is -2.52. The van der Waals surface area contributed by atoms with Crippen LogP contribution in [0.4, 0.5) is 4.79 Å². The van der Waals surface area contributed by atoms with E-state index in [2.05, 4.69) is 29.5 Å². The van der Waals surface area contributed by atoms with E-state index in [0.717, 1.165) is 59.4 Å². The zero-order chi connectivity index (χ0) is 38.7. The van der Waals surface area contributed by atoms with Crippen molar-refractivity contribution in [1.29, 1.82) is 0 Å². The molecule has 3 aliphatic rings. The van der Waals surface area contributed by atoms with E-state index in [1.807, 2.05) is 59.1 Å². The summed E-state index contributed by atoms with van der Waals surface area (Å²) in [5.41, 5.74) is 2.03. The van der Waals surface area contributed by atoms with Gasteiger partial charge in [-0.1, -0.05) is 50.3 Å². The van der Waals surface area contributed by atoms with E-state index in [4.69, 9.17) is 14.6 Å². The second-order valence-electron chi connectivity index (χ2n) is 17.2. The molecule has 3 fully saturated rings. The molecule has 55 heavy (non-hydrogen) atoms. The fourth-order valence-electron chi connectivity index (χ4n) is 8.51. The number of pyridine rings is 1. The number of aromatic amines is 1. The first-order valence-electron chi connectivity index (χ1n) is 20.2. The number of nitrogens with one attached hydrogen (secondary N) is 1. The number of benzene rings is 2. The molecule has 0 spiro atoms. The predicted molar refractivity (Wildman–Crippen MR) is 217 cm³/mol. The van der Waals surface area contributed by atoms with Crippen molar-refractivity contribution in [2.45, 2.75) is 108 Å². The number of likely N-dealkylation sites (tertiary alicyclic amines) is 3. The first kappa shape index (κ1) is 39.2. The van der Waals surface area contributed by atoms with Gasteiger partial charge in [0.15, 0.2) is 6.10 Å². The van der Waals surface area contributed by atoms with Gasteiger partial charge in [0.2, 0.25) is 0 Å². The van der Waals surface area contributed by atoms with E-state index in [0.29, 0.717) is 43.5 Å². The Morgan fingerprint density at radius 3 is 2.42 bits per heavy atom. The maximum atomic E-state index is 14.3. The maximum Gasteiger partial charge on any atom is 0.410 e. The second kappa shape index (κ2) is 16.6. The zero-order valence-electron chi connectivity index (χ0n) is 33.0. The monoisotopic (exact) mass is 770 g/mol. The maximum absolute atomic E-state index is 14.3. The van der Waals surface area contributed by atoms with E-state index in [1.165, 1.54) is 19.3 Å². The third-order valence-electron chi connectivity index (χ3n) is 11.9. The van der Waals surface area contributed by atoms with Crippen molar-refractivity contribution >= 4 is 41.9 Å². The normalized spacial score (nSPS) is 19.2. The number of rotatable bonds is 11. The van der Waals surface area contributed by atoms with E-state index < -0.39 is 25.9 Å². The molecule has 1 atom stereocenters. The Morgan fingerprint density at radius 1 is 0.964 bits per heavy atom. The average Bonchev–Trinajstić information content (AvgIpc) is 3.59. The Hall–Kier alpha value is -4.04. The average molecular weight is 771 g/mol. The van der Waals surface area contributed by atoms with Crippen LogP contribution in [0.15, 0.2) is 53.5 Å². The summed E-state index contributed by atoms with van der Waals surface area (Å²) >= 11 is 0. The fourth-order valence-corrected chi connectivity index (χ4v) is 9.26. The molecule has 3 aliphatic heterocycles. The molecule has 0 radical (unpaired) electrons. The van der Waals surface area contributed by atoms with Crippen LogP contribution in [0.1, 0.15) is 61.6 Å². The van der Waals surface area contributed by atoms with Gasteiger partial charge in [-0.2, -0.15) is 5.10 Å². The van der Waals surface area contributed by atoms with Crippen molar-refractivity contribution < 1.29 is 24.2 Å². The van der Waals surface area contributed by atoms with Crippen molar-refractivity contribution in [3.05, 3.63) is 75.7 Å². The molecule has 0 bridgehead atoms. The molecule has 0 aliphatic carbocycles. The highest BCUT2D eigenvalue weighted by atomic mass is 28.3. The van der Waals surface area contributed by atoms with Crippen LogP contribution in [0.3, 0.4) is 0 Å². The number of aryl methyl sites for hydroxylation is 1. The van der Waals surface area contributed by atoms with Gasteiger partial charge in [0.1, 0.15) is 6.73 Å². The summed E-state index contributed by atoms with van der Waals surface area (Å²) in [6.07, 6.45) is 6.54. The van der Waals surface area contributed by atoms with Crippen LogP contribution in [-0.4, -0.2) is 113 Å². The highest BCUT2D eigenvalue weighted by Gasteiger charge is 2.40. The molecule has 5 heterocycles. The van der Waals surface area contributed by atoms with Gasteiger partial charge in [-0.3, -0.25) is 9.59 Å². The minimum atomic E-state index is -1.39. The highest BCUT2D eigenvalue weighted by Crippen LogP contribution is 2.33. The number of aliphatic hydroxyl groups is 1. The topological polar surface area (TPSA) is 133 Å². The van der Waals surface area contributed by atoms with Crippen molar-refractivity contribution in [3.8, 4) is 0 Å². The number of amides is 2. The third-order valence-corrected chi connectivity index (χ3v) is 13.6. The lowest BCUT2D eigenvalue weighted by atomic mass is 9.84. The summed E-state index contributed by atoms with van der Waals surface area (Å²) in [7, 11) is -1.20. The number of carbonyl (C=O) groups excluding carboxylic acids is 2. The summed E-state index contributed by atoms with van der Waals surface area (Å²) in [6, 6.07) is 14.8. The zero-order valence-corrected chi connectivity index (χ0v) is 34.0. The van der Waals surface area contributed by atoms with Crippen molar-refractivity contribution in [1.82, 2.24) is 29.5 Å². The molecule has 0 saturated carbocycles. The number of nitrogens with zero attached hydrogens (tertiary/aromatic N) is 5. The van der Waals surface area contributed by atoms with Gasteiger partial charge in [0.05, 0.1) is 11.1 Å². The van der Waals surface area contributed by atoms with Gasteiger partial charge in [0.25, 0.3) is 11.5 Å². The van der Waals surface area contributed by atoms with E-state index >= 15 is 0 Å². The molecule has 2 aromatic carbocycles. The van der Waals surface area contributed by atoms with Crippen molar-refractivity contribution in [2.75, 3.05) is 45.9 Å². The summed E-state index contributed by atoms with van der Waals surface area (Å²) in [4.78, 5) is 50.1. The number of H-pyrrole nitrogens is 1. The highest BCUT2D eigenvalue weighted by molar-refractivity contribution is 6.76. The van der Waals surface area contributed by atoms with Crippen LogP contribution >= 0.6 is 0 Å². The first-order chi connectivity index (χ1) is 26.3. The first-order valence-corrected chi connectivity index (χ1v) is 23.9. The number of para-hydroxylation sites is 1. The summed E-state index contributed by atoms with van der Waals surface area (Å²) < 4.78 is 13.9. The Balaban J connectivity index is 1.05. The lowest BCUT2D eigenvalue weighted by molar-refractivity contribution is -0.142. The Kier molecular flexibility index (Phi) is 11.8. The van der Waals surface area contributed by atoms with Crippen LogP contribution in [0.5, 0.6) is 0 Å². The van der Waals surface area contributed by atoms with Gasteiger partial charge in [0, 0.05) is 76.0 Å². The molecular weight excluding hydrogens is 713 g/mol. The number of aromatic nitrogens is 3. The van der Waals surface area contributed by atoms with E-state index in [-0.39, 0.29) is 43.8 Å². The van der Waals surface area contributed by atoms with Crippen LogP contribution in [-0.2, 0) is 33.0 Å². The minimum Gasteiger partial charge on any atom is -0.436 e. The predicted octanol–water partition coefficient (Wildman–Crippen LogP) is 6.01. The van der Waals surface area contributed by atoms with Crippen molar-refractivity contribution in [3.63, 3.8) is 0 Å². The Morgan fingerprint density at radius 2 is 1.69 bits per heavy atom. The van der Waals surface area contributed by atoms with Gasteiger partial charge >= 0.3 is 6.09 Å². The van der Waals surface area contributed by atoms with Crippen LogP contribution in [0, 0.1) is 6.92 Å². The molecule has 2 N–H and O–H groups in total. The van der Waals surface area contributed by atoms with Gasteiger partial charge in [-0.25, -0.2) is 9.48 Å². The van der Waals surface area contributed by atoms with Gasteiger partial charge < -0.3 is 34.3 Å². The second-order valence-corrected chi connectivity index (χ2v) is 22.8. The van der Waals surface area contributed by atoms with Gasteiger partial charge in [-0.05, 0) is 99.3 Å². The molecular formula is C42H58N6O6Si. The molecule has 2 aromatic heterocycles. The largest absolute Gasteiger partial charge is 0.436 e. The van der Waals surface area contributed by atoms with Crippen molar-refractivity contribution in [2.24, 2.45) is 0 Å². The van der Waals surface area contributed by atoms with E-state index in [1.54, 1.807) is 11.0 Å². The number of hydrogen-bond acceptors (Lipinski definition) is 8. The number of fused-ring (bicyclic) bond motifs is 2. The summed E-state index contributed by atoms with van der Waals surface area (Å²) in [5.74, 6) is -0.175. The number of hydrogen-bond donors (Lipinski definition) is 2. The molecule has 2 amide bonds. The van der Waals surface area contributed by atoms with Crippen LogP contribution in [0.25, 0.3) is 21.8 Å². The standard InChI is InChI=1S/C42H58N6O6Si/c1-30-24-31(25-33-28-48(44-38(30)33)29-53-22-23-55(2,3)4)26-37(40(50)46-18-12-34(13-19-46)45-16-8-5-9-17-45)54-41(51)47-20-14-42(52,15-21-47)35-27-32-10-6-7-11-36(32)43-39(35)49/h6-7,10-11,24-25,27-28,34,37,52H,5,8-9,12-23,26,29H2,1-4H3,(H,43,49). The SMILES string of the molecule is Cc1cc(CC(OC(=O)N2CCC(O)(c3cc4ccccc4[nH]c3=O)CC2)C(=O)N2CCC(N3CCCCC3)CC2)cc2cn(COCC[Si](C)(C)C)nc12. The molecule has 1 unspecified atom stereocenters. The van der Waals surface area contributed by atoms with Crippen LogP contribution < -0.4 is 5.56 Å². The van der Waals surface area contributed by atoms with E-state index in [9.17, 15) is 19.5 Å². The van der Waals surface area contributed by atoms with Gasteiger partial charge in [-0.15, -0.1) is 0 Å². The molecule has 296 valence electrons. The lowest BCUT2D eigenvalue weighted by Gasteiger charge is -2.41. The number of piperidine rings is 3. The summed E-state index contributed by atoms with van der Waals surface area (Å²) in [5, 5.41) is 18.2. The molecule has 4 aromatic rings. The Labute approximate surface area is 324 Å². The Bertz CT molecular complexity index is 2040. The minimum absolute atomic E-state index is 0.174. The number of carbonyl (C=O) groups is 2. The smallest absolute Gasteiger partial charge is 0.410 e. The fraction of sp³-hybridized carbons (Fsp3) is 0.571. The summed E-state index contributed by atoms with van der Waals surface area (Å²) in [6.45, 7) is 14.0. The number of ether oxygens (including phenoxy) is 2. The molecule has 3 saturated heterocycles. The molecule has 12 nitrogen and oxygen atoms in total. The van der Waals surface area contributed by atoms with Crippen LogP contribution in [0.2, 0.25) is 25.7 Å². The molecule has 13 heteroatoms. The third kappa shape index (κ3) is 9.33.